The van der Waals surface area contributed by atoms with Crippen molar-refractivity contribution in [3.8, 4) is 0 Å². The van der Waals surface area contributed by atoms with E-state index in [9.17, 15) is 9.50 Å². The summed E-state index contributed by atoms with van der Waals surface area (Å²) in [6.07, 6.45) is 5.05. The van der Waals surface area contributed by atoms with Crippen LogP contribution >= 0.6 is 0 Å². The van der Waals surface area contributed by atoms with Crippen molar-refractivity contribution in [2.75, 3.05) is 7.11 Å². The SMILES string of the molecule is COC1(C(O)Cc2cc(F)ccc2C)CCCCC1. The Balaban J connectivity index is 2.14. The summed E-state index contributed by atoms with van der Waals surface area (Å²) in [5.41, 5.74) is 1.44. The van der Waals surface area contributed by atoms with Crippen molar-refractivity contribution in [3.63, 3.8) is 0 Å². The van der Waals surface area contributed by atoms with Gasteiger partial charge in [0, 0.05) is 13.5 Å². The summed E-state index contributed by atoms with van der Waals surface area (Å²) < 4.78 is 18.9. The third-order valence-electron chi connectivity index (χ3n) is 4.44. The van der Waals surface area contributed by atoms with Crippen molar-refractivity contribution in [2.45, 2.75) is 57.2 Å². The minimum absolute atomic E-state index is 0.247. The van der Waals surface area contributed by atoms with Crippen molar-refractivity contribution in [2.24, 2.45) is 0 Å². The van der Waals surface area contributed by atoms with Gasteiger partial charge in [0.1, 0.15) is 5.82 Å². The number of benzene rings is 1. The Morgan fingerprint density at radius 1 is 1.32 bits per heavy atom. The van der Waals surface area contributed by atoms with Gasteiger partial charge >= 0.3 is 0 Å². The second kappa shape index (κ2) is 6.02. The quantitative estimate of drug-likeness (QED) is 0.905. The van der Waals surface area contributed by atoms with Crippen LogP contribution in [0.5, 0.6) is 0 Å². The Morgan fingerprint density at radius 3 is 2.63 bits per heavy atom. The minimum atomic E-state index is -0.571. The van der Waals surface area contributed by atoms with Gasteiger partial charge in [-0.25, -0.2) is 4.39 Å². The summed E-state index contributed by atoms with van der Waals surface area (Å²) in [7, 11) is 1.67. The smallest absolute Gasteiger partial charge is 0.123 e. The lowest BCUT2D eigenvalue weighted by Gasteiger charge is -2.40. The number of halogens is 1. The maximum atomic E-state index is 13.3. The fourth-order valence-electron chi connectivity index (χ4n) is 3.08. The fourth-order valence-corrected chi connectivity index (χ4v) is 3.08. The van der Waals surface area contributed by atoms with Gasteiger partial charge in [-0.1, -0.05) is 25.3 Å². The molecule has 106 valence electrons. The van der Waals surface area contributed by atoms with E-state index in [1.807, 2.05) is 6.92 Å². The Labute approximate surface area is 114 Å². The molecular weight excluding hydrogens is 243 g/mol. The number of aliphatic hydroxyl groups excluding tert-OH is 1. The van der Waals surface area contributed by atoms with E-state index in [4.69, 9.17) is 4.74 Å². The number of aryl methyl sites for hydroxylation is 1. The van der Waals surface area contributed by atoms with Crippen LogP contribution in [-0.4, -0.2) is 23.9 Å². The van der Waals surface area contributed by atoms with E-state index in [2.05, 4.69) is 0 Å². The molecule has 0 heterocycles. The largest absolute Gasteiger partial charge is 0.390 e. The number of methoxy groups -OCH3 is 1. The second-order valence-corrected chi connectivity index (χ2v) is 5.62. The predicted octanol–water partition coefficient (Wildman–Crippen LogP) is 3.39. The van der Waals surface area contributed by atoms with Crippen LogP contribution in [0.25, 0.3) is 0 Å². The highest BCUT2D eigenvalue weighted by atomic mass is 19.1. The summed E-state index contributed by atoms with van der Waals surface area (Å²) in [4.78, 5) is 0. The Morgan fingerprint density at radius 2 is 2.00 bits per heavy atom. The van der Waals surface area contributed by atoms with Crippen molar-refractivity contribution < 1.29 is 14.2 Å². The van der Waals surface area contributed by atoms with E-state index in [1.165, 1.54) is 18.6 Å². The lowest BCUT2D eigenvalue weighted by atomic mass is 9.78. The highest BCUT2D eigenvalue weighted by Gasteiger charge is 2.39. The molecule has 19 heavy (non-hydrogen) atoms. The molecular formula is C16H23FO2. The van der Waals surface area contributed by atoms with Gasteiger partial charge in [-0.2, -0.15) is 0 Å². The van der Waals surface area contributed by atoms with Gasteiger partial charge in [-0.05, 0) is 43.0 Å². The normalized spacial score (nSPS) is 20.2. The number of aliphatic hydroxyl groups is 1. The minimum Gasteiger partial charge on any atom is -0.390 e. The van der Waals surface area contributed by atoms with Crippen LogP contribution in [0, 0.1) is 12.7 Å². The van der Waals surface area contributed by atoms with Crippen LogP contribution in [0.3, 0.4) is 0 Å². The van der Waals surface area contributed by atoms with E-state index in [0.717, 1.165) is 36.8 Å². The van der Waals surface area contributed by atoms with Gasteiger partial charge in [0.05, 0.1) is 11.7 Å². The molecule has 0 spiro atoms. The van der Waals surface area contributed by atoms with Crippen LogP contribution in [0.1, 0.15) is 43.2 Å². The van der Waals surface area contributed by atoms with Crippen molar-refractivity contribution in [1.82, 2.24) is 0 Å². The van der Waals surface area contributed by atoms with Crippen molar-refractivity contribution in [1.29, 1.82) is 0 Å². The number of hydrogen-bond donors (Lipinski definition) is 1. The van der Waals surface area contributed by atoms with Crippen molar-refractivity contribution in [3.05, 3.63) is 35.1 Å². The molecule has 0 amide bonds. The summed E-state index contributed by atoms with van der Waals surface area (Å²) in [6.45, 7) is 1.95. The van der Waals surface area contributed by atoms with Crippen LogP contribution in [0.4, 0.5) is 4.39 Å². The van der Waals surface area contributed by atoms with Crippen LogP contribution in [0.15, 0.2) is 18.2 Å². The molecule has 1 saturated carbocycles. The Hall–Kier alpha value is -0.930. The molecule has 0 aromatic heterocycles. The molecule has 2 rings (SSSR count). The Bertz CT molecular complexity index is 425. The monoisotopic (exact) mass is 266 g/mol. The average Bonchev–Trinajstić information content (AvgIpc) is 2.43. The summed E-state index contributed by atoms with van der Waals surface area (Å²) in [5, 5.41) is 10.5. The van der Waals surface area contributed by atoms with Gasteiger partial charge in [0.25, 0.3) is 0 Å². The molecule has 1 fully saturated rings. The summed E-state index contributed by atoms with van der Waals surface area (Å²) in [6, 6.07) is 4.74. The molecule has 0 saturated heterocycles. The summed E-state index contributed by atoms with van der Waals surface area (Å²) >= 11 is 0. The lowest BCUT2D eigenvalue weighted by molar-refractivity contribution is -0.122. The van der Waals surface area contributed by atoms with Gasteiger partial charge in [0.2, 0.25) is 0 Å². The highest BCUT2D eigenvalue weighted by Crippen LogP contribution is 2.35. The van der Waals surface area contributed by atoms with E-state index in [-0.39, 0.29) is 5.82 Å². The van der Waals surface area contributed by atoms with E-state index >= 15 is 0 Å². The van der Waals surface area contributed by atoms with E-state index < -0.39 is 11.7 Å². The Kier molecular flexibility index (Phi) is 4.58. The molecule has 0 radical (unpaired) electrons. The maximum Gasteiger partial charge on any atom is 0.123 e. The van der Waals surface area contributed by atoms with Gasteiger partial charge in [-0.15, -0.1) is 0 Å². The third-order valence-corrected chi connectivity index (χ3v) is 4.44. The molecule has 1 atom stereocenters. The van der Waals surface area contributed by atoms with Crippen molar-refractivity contribution >= 4 is 0 Å². The third kappa shape index (κ3) is 3.15. The highest BCUT2D eigenvalue weighted by molar-refractivity contribution is 5.27. The molecule has 0 aliphatic heterocycles. The van der Waals surface area contributed by atoms with E-state index in [0.29, 0.717) is 6.42 Å². The molecule has 1 aliphatic carbocycles. The van der Waals surface area contributed by atoms with Crippen LogP contribution in [-0.2, 0) is 11.2 Å². The lowest BCUT2D eigenvalue weighted by Crippen LogP contribution is -2.47. The predicted molar refractivity (Wildman–Crippen MR) is 73.7 cm³/mol. The molecule has 1 aliphatic rings. The topological polar surface area (TPSA) is 29.5 Å². The fraction of sp³-hybridized carbons (Fsp3) is 0.625. The first-order valence-electron chi connectivity index (χ1n) is 7.06. The molecule has 1 aromatic rings. The first-order valence-corrected chi connectivity index (χ1v) is 7.06. The number of ether oxygens (including phenoxy) is 1. The zero-order valence-corrected chi connectivity index (χ0v) is 11.8. The van der Waals surface area contributed by atoms with Gasteiger partial charge in [-0.3, -0.25) is 0 Å². The maximum absolute atomic E-state index is 13.3. The molecule has 0 bridgehead atoms. The molecule has 1 aromatic carbocycles. The van der Waals surface area contributed by atoms with Crippen LogP contribution < -0.4 is 0 Å². The standard InChI is InChI=1S/C16H23FO2/c1-12-6-7-14(17)10-13(12)11-15(18)16(19-2)8-4-3-5-9-16/h6-7,10,15,18H,3-5,8-9,11H2,1-2H3. The van der Waals surface area contributed by atoms with Gasteiger partial charge in [0.15, 0.2) is 0 Å². The van der Waals surface area contributed by atoms with Crippen LogP contribution in [0.2, 0.25) is 0 Å². The number of hydrogen-bond acceptors (Lipinski definition) is 2. The zero-order chi connectivity index (χ0) is 13.9. The molecule has 3 heteroatoms. The number of rotatable bonds is 4. The zero-order valence-electron chi connectivity index (χ0n) is 11.8. The first-order chi connectivity index (χ1) is 9.07. The second-order valence-electron chi connectivity index (χ2n) is 5.62. The molecule has 1 unspecified atom stereocenters. The summed E-state index contributed by atoms with van der Waals surface area (Å²) in [5.74, 6) is -0.247. The first kappa shape index (κ1) is 14.5. The molecule has 2 nitrogen and oxygen atoms in total. The van der Waals surface area contributed by atoms with Gasteiger partial charge < -0.3 is 9.84 Å². The average molecular weight is 266 g/mol. The van der Waals surface area contributed by atoms with E-state index in [1.54, 1.807) is 13.2 Å². The molecule has 1 N–H and O–H groups in total.